The van der Waals surface area contributed by atoms with E-state index < -0.39 is 0 Å². The Kier molecular flexibility index (Phi) is 5.82. The Balaban J connectivity index is 1.49. The average molecular weight is 404 g/mol. The fourth-order valence-corrected chi connectivity index (χ4v) is 4.65. The number of nitrogens with one attached hydrogen (secondary N) is 1. The fraction of sp³-hybridized carbons (Fsp3) is 0.579. The van der Waals surface area contributed by atoms with E-state index in [1.54, 1.807) is 17.6 Å². The van der Waals surface area contributed by atoms with E-state index in [2.05, 4.69) is 15.5 Å². The Hall–Kier alpha value is -2.13. The summed E-state index contributed by atoms with van der Waals surface area (Å²) in [6.07, 6.45) is 6.03. The first kappa shape index (κ1) is 19.2. The highest BCUT2D eigenvalue weighted by Gasteiger charge is 2.24. The van der Waals surface area contributed by atoms with Crippen LogP contribution in [0.25, 0.3) is 0 Å². The van der Waals surface area contributed by atoms with Crippen molar-refractivity contribution in [1.29, 1.82) is 0 Å². The summed E-state index contributed by atoms with van der Waals surface area (Å²) in [6, 6.07) is 1.66. The summed E-state index contributed by atoms with van der Waals surface area (Å²) in [5.41, 5.74) is 2.63. The molecule has 1 fully saturated rings. The number of hydrogen-bond acceptors (Lipinski definition) is 7. The minimum atomic E-state index is -0.245. The summed E-state index contributed by atoms with van der Waals surface area (Å²) < 4.78 is 12.5. The first-order chi connectivity index (χ1) is 13.6. The summed E-state index contributed by atoms with van der Waals surface area (Å²) in [4.78, 5) is 29.2. The molecular formula is C19H24N4O4S. The van der Waals surface area contributed by atoms with Gasteiger partial charge in [0, 0.05) is 23.9 Å². The molecule has 1 N–H and O–H groups in total. The number of rotatable bonds is 6. The number of amides is 1. The standard InChI is InChI=1S/C19H24N4O4S/c1-12-9-17(27-22-12)20-16(24)11-28-18-14-6-2-3-7-15(14)23(19(25)21-18)10-13-5-4-8-26-13/h9,13H,2-8,10-11H2,1H3,(H,20,24)/t13-/m0/s1. The summed E-state index contributed by atoms with van der Waals surface area (Å²) in [5, 5.41) is 7.09. The lowest BCUT2D eigenvalue weighted by Gasteiger charge is -2.24. The number of thioether (sulfide) groups is 1. The molecule has 3 heterocycles. The topological polar surface area (TPSA) is 99.2 Å². The molecule has 2 aromatic rings. The predicted molar refractivity (Wildman–Crippen MR) is 105 cm³/mol. The van der Waals surface area contributed by atoms with Gasteiger partial charge in [-0.1, -0.05) is 16.9 Å². The first-order valence-corrected chi connectivity index (χ1v) is 10.7. The van der Waals surface area contributed by atoms with Gasteiger partial charge in [-0.3, -0.25) is 14.7 Å². The number of aromatic nitrogens is 3. The average Bonchev–Trinajstić information content (AvgIpc) is 3.34. The van der Waals surface area contributed by atoms with Crippen molar-refractivity contribution >= 4 is 23.6 Å². The van der Waals surface area contributed by atoms with Crippen molar-refractivity contribution < 1.29 is 14.1 Å². The van der Waals surface area contributed by atoms with Gasteiger partial charge in [-0.15, -0.1) is 0 Å². The molecule has 9 heteroatoms. The molecule has 0 saturated carbocycles. The number of anilines is 1. The van der Waals surface area contributed by atoms with Crippen molar-refractivity contribution in [3.63, 3.8) is 0 Å². The zero-order chi connectivity index (χ0) is 19.5. The second kappa shape index (κ2) is 8.48. The second-order valence-corrected chi connectivity index (χ2v) is 8.21. The van der Waals surface area contributed by atoms with Crippen LogP contribution in [-0.2, 0) is 28.9 Å². The summed E-state index contributed by atoms with van der Waals surface area (Å²) in [6.45, 7) is 3.13. The number of hydrogen-bond donors (Lipinski definition) is 1. The Bertz CT molecular complexity index is 917. The number of aryl methyl sites for hydroxylation is 1. The van der Waals surface area contributed by atoms with E-state index in [1.165, 1.54) is 11.8 Å². The Labute approximate surface area is 167 Å². The van der Waals surface area contributed by atoms with Crippen molar-refractivity contribution in [2.75, 3.05) is 17.7 Å². The van der Waals surface area contributed by atoms with Crippen LogP contribution in [0.2, 0.25) is 0 Å². The van der Waals surface area contributed by atoms with Gasteiger partial charge < -0.3 is 9.26 Å². The molecule has 0 unspecified atom stereocenters. The molecule has 0 aromatic carbocycles. The minimum absolute atomic E-state index is 0.0974. The number of nitrogens with zero attached hydrogens (tertiary/aromatic N) is 3. The summed E-state index contributed by atoms with van der Waals surface area (Å²) >= 11 is 1.31. The third-order valence-corrected chi connectivity index (χ3v) is 6.11. The molecule has 0 bridgehead atoms. The zero-order valence-corrected chi connectivity index (χ0v) is 16.7. The Morgan fingerprint density at radius 1 is 1.36 bits per heavy atom. The third kappa shape index (κ3) is 4.30. The highest BCUT2D eigenvalue weighted by Crippen LogP contribution is 2.29. The van der Waals surface area contributed by atoms with Crippen molar-refractivity contribution in [2.24, 2.45) is 0 Å². The quantitative estimate of drug-likeness (QED) is 0.583. The predicted octanol–water partition coefficient (Wildman–Crippen LogP) is 2.33. The number of fused-ring (bicyclic) bond motifs is 1. The van der Waals surface area contributed by atoms with Crippen LogP contribution in [0.15, 0.2) is 20.4 Å². The normalized spacial score (nSPS) is 18.8. The van der Waals surface area contributed by atoms with Gasteiger partial charge in [-0.25, -0.2) is 4.79 Å². The van der Waals surface area contributed by atoms with Crippen molar-refractivity contribution in [2.45, 2.75) is 63.1 Å². The second-order valence-electron chi connectivity index (χ2n) is 7.25. The largest absolute Gasteiger partial charge is 0.376 e. The molecular weight excluding hydrogens is 380 g/mol. The molecule has 2 aliphatic rings. The molecule has 1 atom stereocenters. The molecule has 1 amide bonds. The lowest BCUT2D eigenvalue weighted by atomic mass is 9.97. The minimum Gasteiger partial charge on any atom is -0.376 e. The maximum Gasteiger partial charge on any atom is 0.348 e. The van der Waals surface area contributed by atoms with E-state index in [9.17, 15) is 9.59 Å². The van der Waals surface area contributed by atoms with E-state index in [4.69, 9.17) is 9.26 Å². The molecule has 0 radical (unpaired) electrons. The van der Waals surface area contributed by atoms with Crippen LogP contribution < -0.4 is 11.0 Å². The summed E-state index contributed by atoms with van der Waals surface area (Å²) in [7, 11) is 0. The molecule has 2 aromatic heterocycles. The molecule has 0 spiro atoms. The molecule has 1 aliphatic heterocycles. The van der Waals surface area contributed by atoms with Gasteiger partial charge in [0.15, 0.2) is 0 Å². The maximum absolute atomic E-state index is 12.7. The number of carbonyl (C=O) groups excluding carboxylic acids is 1. The van der Waals surface area contributed by atoms with Crippen LogP contribution in [0.1, 0.15) is 42.6 Å². The van der Waals surface area contributed by atoms with Gasteiger partial charge in [-0.05, 0) is 45.4 Å². The van der Waals surface area contributed by atoms with Gasteiger partial charge in [0.1, 0.15) is 5.03 Å². The van der Waals surface area contributed by atoms with Crippen LogP contribution in [0.4, 0.5) is 5.88 Å². The molecule has 28 heavy (non-hydrogen) atoms. The molecule has 150 valence electrons. The lowest BCUT2D eigenvalue weighted by molar-refractivity contribution is -0.113. The smallest absolute Gasteiger partial charge is 0.348 e. The molecule has 8 nitrogen and oxygen atoms in total. The van der Waals surface area contributed by atoms with Crippen LogP contribution >= 0.6 is 11.8 Å². The van der Waals surface area contributed by atoms with E-state index in [1.807, 2.05) is 0 Å². The van der Waals surface area contributed by atoms with E-state index in [-0.39, 0.29) is 23.5 Å². The Morgan fingerprint density at radius 3 is 2.96 bits per heavy atom. The third-order valence-electron chi connectivity index (χ3n) is 5.09. The summed E-state index contributed by atoms with van der Waals surface area (Å²) in [5.74, 6) is 0.273. The van der Waals surface area contributed by atoms with Crippen LogP contribution in [0, 0.1) is 6.92 Å². The lowest BCUT2D eigenvalue weighted by Crippen LogP contribution is -2.34. The number of carbonyl (C=O) groups is 1. The molecule has 1 saturated heterocycles. The van der Waals surface area contributed by atoms with Crippen LogP contribution in [0.5, 0.6) is 0 Å². The SMILES string of the molecule is Cc1cc(NC(=O)CSc2nc(=O)n(C[C@@H]3CCCO3)c3c2CCCC3)on1. The van der Waals surface area contributed by atoms with Gasteiger partial charge >= 0.3 is 5.69 Å². The maximum atomic E-state index is 12.7. The van der Waals surface area contributed by atoms with Crippen LogP contribution in [0.3, 0.4) is 0 Å². The highest BCUT2D eigenvalue weighted by molar-refractivity contribution is 8.00. The fourth-order valence-electron chi connectivity index (χ4n) is 3.78. The molecule has 1 aliphatic carbocycles. The zero-order valence-electron chi connectivity index (χ0n) is 15.9. The monoisotopic (exact) mass is 404 g/mol. The molecule has 4 rings (SSSR count). The van der Waals surface area contributed by atoms with E-state index >= 15 is 0 Å². The number of ether oxygens (including phenoxy) is 1. The highest BCUT2D eigenvalue weighted by atomic mass is 32.2. The van der Waals surface area contributed by atoms with Gasteiger partial charge in [0.05, 0.1) is 24.1 Å². The van der Waals surface area contributed by atoms with Gasteiger partial charge in [-0.2, -0.15) is 4.98 Å². The first-order valence-electron chi connectivity index (χ1n) is 9.70. The van der Waals surface area contributed by atoms with Gasteiger partial charge in [0.2, 0.25) is 11.8 Å². The van der Waals surface area contributed by atoms with Crippen molar-refractivity contribution in [3.05, 3.63) is 33.5 Å². The van der Waals surface area contributed by atoms with E-state index in [0.29, 0.717) is 23.1 Å². The van der Waals surface area contributed by atoms with Crippen molar-refractivity contribution in [1.82, 2.24) is 14.7 Å². The van der Waals surface area contributed by atoms with Gasteiger partial charge in [0.25, 0.3) is 0 Å². The van der Waals surface area contributed by atoms with E-state index in [0.717, 1.165) is 56.4 Å². The van der Waals surface area contributed by atoms with Crippen molar-refractivity contribution in [3.8, 4) is 0 Å². The van der Waals surface area contributed by atoms with Crippen LogP contribution in [-0.4, -0.2) is 39.1 Å². The Morgan fingerprint density at radius 2 is 2.21 bits per heavy atom.